The zero-order valence-corrected chi connectivity index (χ0v) is 10.1. The van der Waals surface area contributed by atoms with Crippen molar-refractivity contribution in [3.63, 3.8) is 0 Å². The van der Waals surface area contributed by atoms with E-state index in [0.29, 0.717) is 11.4 Å². The van der Waals surface area contributed by atoms with E-state index in [2.05, 4.69) is 10.3 Å². The third-order valence-electron chi connectivity index (χ3n) is 2.32. The number of phenols is 1. The predicted octanol–water partition coefficient (Wildman–Crippen LogP) is 2.09. The van der Waals surface area contributed by atoms with E-state index in [0.717, 1.165) is 11.3 Å². The number of carbonyl (C=O) groups excluding carboxylic acids is 1. The summed E-state index contributed by atoms with van der Waals surface area (Å²) in [4.78, 5) is 16.4. The van der Waals surface area contributed by atoms with Crippen molar-refractivity contribution >= 4 is 17.2 Å². The van der Waals surface area contributed by atoms with Crippen molar-refractivity contribution in [2.24, 2.45) is 0 Å². The molecular formula is C12H12N2O2S. The first kappa shape index (κ1) is 11.6. The Hall–Kier alpha value is -1.88. The van der Waals surface area contributed by atoms with Crippen LogP contribution in [0.25, 0.3) is 0 Å². The second kappa shape index (κ2) is 4.97. The van der Waals surface area contributed by atoms with E-state index < -0.39 is 0 Å². The van der Waals surface area contributed by atoms with Gasteiger partial charge in [0.1, 0.15) is 10.6 Å². The average molecular weight is 248 g/mol. The molecule has 0 unspecified atom stereocenters. The van der Waals surface area contributed by atoms with Crippen LogP contribution in [0.3, 0.4) is 0 Å². The van der Waals surface area contributed by atoms with Gasteiger partial charge in [-0.2, -0.15) is 0 Å². The van der Waals surface area contributed by atoms with Gasteiger partial charge in [-0.15, -0.1) is 11.3 Å². The maximum Gasteiger partial charge on any atom is 0.263 e. The van der Waals surface area contributed by atoms with Crippen molar-refractivity contribution in [1.29, 1.82) is 0 Å². The van der Waals surface area contributed by atoms with Gasteiger partial charge in [0.25, 0.3) is 5.91 Å². The minimum Gasteiger partial charge on any atom is -0.508 e. The van der Waals surface area contributed by atoms with Crippen LogP contribution < -0.4 is 5.32 Å². The van der Waals surface area contributed by atoms with Gasteiger partial charge in [0.05, 0.1) is 11.2 Å². The number of hydrogen-bond acceptors (Lipinski definition) is 4. The molecule has 0 saturated carbocycles. The van der Waals surface area contributed by atoms with Crippen LogP contribution in [0.15, 0.2) is 29.8 Å². The second-order valence-corrected chi connectivity index (χ2v) is 4.47. The molecule has 0 radical (unpaired) electrons. The summed E-state index contributed by atoms with van der Waals surface area (Å²) in [7, 11) is 0. The Morgan fingerprint density at radius 2 is 2.35 bits per heavy atom. The topological polar surface area (TPSA) is 62.2 Å². The molecule has 88 valence electrons. The molecule has 0 saturated heterocycles. The number of hydrogen-bond donors (Lipinski definition) is 2. The second-order valence-electron chi connectivity index (χ2n) is 3.62. The van der Waals surface area contributed by atoms with Crippen molar-refractivity contribution in [3.05, 3.63) is 45.9 Å². The molecule has 0 bridgehead atoms. The van der Waals surface area contributed by atoms with Crippen LogP contribution in [0.2, 0.25) is 0 Å². The van der Waals surface area contributed by atoms with Gasteiger partial charge in [-0.3, -0.25) is 4.79 Å². The van der Waals surface area contributed by atoms with E-state index in [-0.39, 0.29) is 11.7 Å². The Bertz CT molecular complexity index is 537. The largest absolute Gasteiger partial charge is 0.508 e. The number of benzene rings is 1. The number of nitrogens with one attached hydrogen (secondary N) is 1. The van der Waals surface area contributed by atoms with E-state index in [1.807, 2.05) is 6.07 Å². The average Bonchev–Trinajstić information content (AvgIpc) is 2.72. The van der Waals surface area contributed by atoms with Gasteiger partial charge in [-0.1, -0.05) is 12.1 Å². The van der Waals surface area contributed by atoms with Crippen LogP contribution in [-0.2, 0) is 6.54 Å². The summed E-state index contributed by atoms with van der Waals surface area (Å²) in [5, 5.41) is 12.1. The zero-order valence-electron chi connectivity index (χ0n) is 9.30. The third kappa shape index (κ3) is 2.82. The lowest BCUT2D eigenvalue weighted by atomic mass is 10.2. The molecule has 0 aliphatic rings. The summed E-state index contributed by atoms with van der Waals surface area (Å²) in [6.45, 7) is 2.20. The summed E-state index contributed by atoms with van der Waals surface area (Å²) in [5.41, 5.74) is 3.25. The number of carbonyl (C=O) groups is 1. The third-order valence-corrected chi connectivity index (χ3v) is 3.24. The number of aromatic hydroxyl groups is 1. The summed E-state index contributed by atoms with van der Waals surface area (Å²) in [5.74, 6) is 0.0686. The fourth-order valence-electron chi connectivity index (χ4n) is 1.45. The first-order valence-corrected chi connectivity index (χ1v) is 6.01. The number of aryl methyl sites for hydroxylation is 1. The van der Waals surface area contributed by atoms with Gasteiger partial charge in [-0.25, -0.2) is 4.98 Å². The van der Waals surface area contributed by atoms with Crippen molar-refractivity contribution < 1.29 is 9.90 Å². The number of amides is 1. The summed E-state index contributed by atoms with van der Waals surface area (Å²) in [6, 6.07) is 6.81. The van der Waals surface area contributed by atoms with Crippen LogP contribution in [-0.4, -0.2) is 16.0 Å². The molecular weight excluding hydrogens is 236 g/mol. The highest BCUT2D eigenvalue weighted by Crippen LogP contribution is 2.13. The fourth-order valence-corrected chi connectivity index (χ4v) is 2.17. The molecule has 0 aliphatic heterocycles. The summed E-state index contributed by atoms with van der Waals surface area (Å²) >= 11 is 1.32. The van der Waals surface area contributed by atoms with Gasteiger partial charge in [0, 0.05) is 6.54 Å². The standard InChI is InChI=1S/C12H12N2O2S/c1-8-11(17-7-14-8)12(16)13-6-9-3-2-4-10(15)5-9/h2-5,7,15H,6H2,1H3,(H,13,16). The van der Waals surface area contributed by atoms with E-state index in [9.17, 15) is 9.90 Å². The molecule has 1 aromatic heterocycles. The highest BCUT2D eigenvalue weighted by molar-refractivity contribution is 7.11. The molecule has 2 rings (SSSR count). The molecule has 17 heavy (non-hydrogen) atoms. The summed E-state index contributed by atoms with van der Waals surface area (Å²) in [6.07, 6.45) is 0. The van der Waals surface area contributed by atoms with Crippen LogP contribution in [0.5, 0.6) is 5.75 Å². The monoisotopic (exact) mass is 248 g/mol. The van der Waals surface area contributed by atoms with Gasteiger partial charge in [-0.05, 0) is 24.6 Å². The number of nitrogens with zero attached hydrogens (tertiary/aromatic N) is 1. The zero-order chi connectivity index (χ0) is 12.3. The van der Waals surface area contributed by atoms with E-state index in [1.54, 1.807) is 30.6 Å². The van der Waals surface area contributed by atoms with Gasteiger partial charge < -0.3 is 10.4 Å². The number of rotatable bonds is 3. The number of thiazole rings is 1. The molecule has 2 N–H and O–H groups in total. The maximum absolute atomic E-state index is 11.8. The maximum atomic E-state index is 11.8. The molecule has 5 heteroatoms. The highest BCUT2D eigenvalue weighted by Gasteiger charge is 2.10. The van der Waals surface area contributed by atoms with E-state index in [4.69, 9.17) is 0 Å². The number of aromatic nitrogens is 1. The first-order chi connectivity index (χ1) is 8.16. The molecule has 2 aromatic rings. The molecule has 1 heterocycles. The lowest BCUT2D eigenvalue weighted by Crippen LogP contribution is -2.22. The van der Waals surface area contributed by atoms with Crippen molar-refractivity contribution in [2.45, 2.75) is 13.5 Å². The Morgan fingerprint density at radius 3 is 3.00 bits per heavy atom. The Labute approximate surface area is 103 Å². The Morgan fingerprint density at radius 1 is 1.53 bits per heavy atom. The van der Waals surface area contributed by atoms with Crippen molar-refractivity contribution in [3.8, 4) is 5.75 Å². The van der Waals surface area contributed by atoms with Gasteiger partial charge in [0.2, 0.25) is 0 Å². The van der Waals surface area contributed by atoms with Gasteiger partial charge in [0.15, 0.2) is 0 Å². The quantitative estimate of drug-likeness (QED) is 0.874. The Balaban J connectivity index is 1.99. The smallest absolute Gasteiger partial charge is 0.263 e. The highest BCUT2D eigenvalue weighted by atomic mass is 32.1. The molecule has 0 fully saturated rings. The van der Waals surface area contributed by atoms with Crippen molar-refractivity contribution in [1.82, 2.24) is 10.3 Å². The molecule has 1 aromatic carbocycles. The summed E-state index contributed by atoms with van der Waals surface area (Å²) < 4.78 is 0. The lowest BCUT2D eigenvalue weighted by molar-refractivity contribution is 0.0954. The van der Waals surface area contributed by atoms with Crippen molar-refractivity contribution in [2.75, 3.05) is 0 Å². The van der Waals surface area contributed by atoms with Gasteiger partial charge >= 0.3 is 0 Å². The SMILES string of the molecule is Cc1ncsc1C(=O)NCc1cccc(O)c1. The van der Waals surface area contributed by atoms with Crippen LogP contribution in [0, 0.1) is 6.92 Å². The molecule has 0 aliphatic carbocycles. The van der Waals surface area contributed by atoms with Crippen LogP contribution >= 0.6 is 11.3 Å². The lowest BCUT2D eigenvalue weighted by Gasteiger charge is -2.04. The molecule has 0 spiro atoms. The first-order valence-electron chi connectivity index (χ1n) is 5.13. The molecule has 0 atom stereocenters. The van der Waals surface area contributed by atoms with Crippen LogP contribution in [0.4, 0.5) is 0 Å². The Kier molecular flexibility index (Phi) is 3.39. The minimum atomic E-state index is -0.131. The fraction of sp³-hybridized carbons (Fsp3) is 0.167. The molecule has 4 nitrogen and oxygen atoms in total. The minimum absolute atomic E-state index is 0.131. The van der Waals surface area contributed by atoms with E-state index >= 15 is 0 Å². The number of phenolic OH excluding ortho intramolecular Hbond substituents is 1. The normalized spacial score (nSPS) is 10.2. The van der Waals surface area contributed by atoms with Crippen LogP contribution in [0.1, 0.15) is 20.9 Å². The predicted molar refractivity (Wildman–Crippen MR) is 66.1 cm³/mol. The van der Waals surface area contributed by atoms with E-state index in [1.165, 1.54) is 11.3 Å². The molecule has 1 amide bonds.